The lowest BCUT2D eigenvalue weighted by Gasteiger charge is -2.30. The summed E-state index contributed by atoms with van der Waals surface area (Å²) in [5.74, 6) is 0.797. The number of halogens is 1. The molecule has 1 amide bonds. The first kappa shape index (κ1) is 26.8. The monoisotopic (exact) mass is 472 g/mol. The zero-order chi connectivity index (χ0) is 24.2. The predicted molar refractivity (Wildman–Crippen MR) is 135 cm³/mol. The van der Waals surface area contributed by atoms with Crippen molar-refractivity contribution in [1.82, 2.24) is 19.4 Å². The van der Waals surface area contributed by atoms with Gasteiger partial charge in [0, 0.05) is 25.0 Å². The third-order valence-corrected chi connectivity index (χ3v) is 6.06. The number of benzene rings is 1. The van der Waals surface area contributed by atoms with Crippen LogP contribution in [0.1, 0.15) is 68.5 Å². The summed E-state index contributed by atoms with van der Waals surface area (Å²) in [7, 11) is 0. The van der Waals surface area contributed by atoms with Gasteiger partial charge in [0.15, 0.2) is 5.78 Å². The Kier molecular flexibility index (Phi) is 11.3. The van der Waals surface area contributed by atoms with E-state index >= 15 is 0 Å². The van der Waals surface area contributed by atoms with Crippen molar-refractivity contribution >= 4 is 23.8 Å². The number of rotatable bonds is 6. The Morgan fingerprint density at radius 3 is 2.55 bits per heavy atom. The Hall–Kier alpha value is -2.44. The van der Waals surface area contributed by atoms with Crippen LogP contribution in [0.2, 0.25) is 5.02 Å². The van der Waals surface area contributed by atoms with Gasteiger partial charge in [0.05, 0.1) is 18.8 Å². The smallest absolute Gasteiger partial charge is 0.210 e. The molecule has 0 saturated carbocycles. The molecule has 1 unspecified atom stereocenters. The standard InChI is InChI=1S/C10H13N3O2.C9H11Cl.C7H13N/c1-7-4-12(6-14)5-10-11-3-9(8(2)15)13(7)10;1-2-5-8-6-3-4-7-9(8)10;1-2-3-5-8-6-4-7-8/h3,6-7H,4-5H2,1-2H3;3-4,6-7H,2,5H2,1H3;2-3H,4-7H2,1H3/b;;3-2+. The predicted octanol–water partition coefficient (Wildman–Crippen LogP) is 5.18. The lowest BCUT2D eigenvalue weighted by atomic mass is 10.1. The summed E-state index contributed by atoms with van der Waals surface area (Å²) in [6.45, 7) is 12.6. The Labute approximate surface area is 203 Å². The van der Waals surface area contributed by atoms with Crippen LogP contribution in [0.3, 0.4) is 0 Å². The van der Waals surface area contributed by atoms with E-state index in [1.807, 2.05) is 29.7 Å². The summed E-state index contributed by atoms with van der Waals surface area (Å²) in [4.78, 5) is 30.3. The van der Waals surface area contributed by atoms with E-state index in [9.17, 15) is 9.59 Å². The number of hydrogen-bond donors (Lipinski definition) is 0. The second-order valence-electron chi connectivity index (χ2n) is 8.43. The molecule has 0 aliphatic carbocycles. The lowest BCUT2D eigenvalue weighted by Crippen LogP contribution is -2.36. The minimum absolute atomic E-state index is 0.0140. The zero-order valence-corrected chi connectivity index (χ0v) is 21.1. The highest BCUT2D eigenvalue weighted by Crippen LogP contribution is 2.21. The highest BCUT2D eigenvalue weighted by molar-refractivity contribution is 6.31. The molecular formula is C26H37ClN4O2. The van der Waals surface area contributed by atoms with Gasteiger partial charge in [0.25, 0.3) is 0 Å². The number of aromatic nitrogens is 2. The topological polar surface area (TPSA) is 58.4 Å². The van der Waals surface area contributed by atoms with E-state index in [2.05, 4.69) is 41.9 Å². The maximum atomic E-state index is 11.3. The number of allylic oxidation sites excluding steroid dienone is 1. The lowest BCUT2D eigenvalue weighted by molar-refractivity contribution is -0.119. The molecule has 0 radical (unpaired) electrons. The fourth-order valence-electron chi connectivity index (χ4n) is 3.81. The molecule has 2 aromatic rings. The average molecular weight is 473 g/mol. The summed E-state index contributed by atoms with van der Waals surface area (Å²) in [6, 6.07) is 8.11. The summed E-state index contributed by atoms with van der Waals surface area (Å²) in [6.07, 6.45) is 10.4. The van der Waals surface area contributed by atoms with Crippen molar-refractivity contribution in [3.8, 4) is 0 Å². The SMILES string of the molecule is C/C=C/CN1CCC1.CC(=O)c1cnc2n1C(C)CN(C=O)C2.CCCc1ccccc1Cl. The number of fused-ring (bicyclic) bond motifs is 1. The molecule has 2 aliphatic heterocycles. The van der Waals surface area contributed by atoms with Gasteiger partial charge in [-0.1, -0.05) is 55.3 Å². The van der Waals surface area contributed by atoms with E-state index in [0.29, 0.717) is 18.8 Å². The number of amides is 1. The molecule has 1 atom stereocenters. The normalized spacial score (nSPS) is 17.2. The number of aryl methyl sites for hydroxylation is 1. The summed E-state index contributed by atoms with van der Waals surface area (Å²) in [5, 5.41) is 0.893. The second kappa shape index (κ2) is 14.0. The molecule has 3 heterocycles. The maximum absolute atomic E-state index is 11.3. The van der Waals surface area contributed by atoms with Gasteiger partial charge in [0.1, 0.15) is 11.5 Å². The Balaban J connectivity index is 0.000000186. The van der Waals surface area contributed by atoms with Gasteiger partial charge in [0.2, 0.25) is 6.41 Å². The number of likely N-dealkylation sites (tertiary alicyclic amines) is 1. The van der Waals surface area contributed by atoms with E-state index in [0.717, 1.165) is 36.6 Å². The molecule has 7 heteroatoms. The van der Waals surface area contributed by atoms with Gasteiger partial charge in [-0.05, 0) is 51.4 Å². The average Bonchev–Trinajstić information content (AvgIpc) is 3.21. The quantitative estimate of drug-likeness (QED) is 0.330. The third-order valence-electron chi connectivity index (χ3n) is 5.69. The van der Waals surface area contributed by atoms with Crippen LogP contribution in [0.15, 0.2) is 42.6 Å². The van der Waals surface area contributed by atoms with Crippen molar-refractivity contribution in [3.63, 3.8) is 0 Å². The fourth-order valence-corrected chi connectivity index (χ4v) is 4.04. The molecular weight excluding hydrogens is 436 g/mol. The van der Waals surface area contributed by atoms with E-state index in [-0.39, 0.29) is 11.8 Å². The number of ketones is 1. The third kappa shape index (κ3) is 8.13. The molecule has 1 aromatic carbocycles. The molecule has 4 rings (SSSR count). The van der Waals surface area contributed by atoms with Gasteiger partial charge < -0.3 is 9.47 Å². The van der Waals surface area contributed by atoms with E-state index in [4.69, 9.17) is 11.6 Å². The maximum Gasteiger partial charge on any atom is 0.210 e. The zero-order valence-electron chi connectivity index (χ0n) is 20.3. The van der Waals surface area contributed by atoms with Crippen molar-refractivity contribution in [3.05, 3.63) is 64.7 Å². The first-order valence-electron chi connectivity index (χ1n) is 11.7. The molecule has 1 saturated heterocycles. The van der Waals surface area contributed by atoms with Crippen LogP contribution in [0.5, 0.6) is 0 Å². The molecule has 180 valence electrons. The van der Waals surface area contributed by atoms with Gasteiger partial charge in [-0.15, -0.1) is 0 Å². The Morgan fingerprint density at radius 1 is 1.27 bits per heavy atom. The Bertz CT molecular complexity index is 921. The van der Waals surface area contributed by atoms with Crippen LogP contribution in [0.25, 0.3) is 0 Å². The van der Waals surface area contributed by atoms with Gasteiger partial charge in [-0.3, -0.25) is 14.5 Å². The van der Waals surface area contributed by atoms with Gasteiger partial charge in [-0.25, -0.2) is 4.98 Å². The molecule has 1 fully saturated rings. The first-order valence-corrected chi connectivity index (χ1v) is 12.1. The highest BCUT2D eigenvalue weighted by Gasteiger charge is 2.25. The van der Waals surface area contributed by atoms with Crippen molar-refractivity contribution in [2.24, 2.45) is 0 Å². The molecule has 6 nitrogen and oxygen atoms in total. The van der Waals surface area contributed by atoms with Gasteiger partial charge >= 0.3 is 0 Å². The van der Waals surface area contributed by atoms with Crippen LogP contribution in [0, 0.1) is 0 Å². The summed E-state index contributed by atoms with van der Waals surface area (Å²) < 4.78 is 1.92. The number of nitrogens with zero attached hydrogens (tertiary/aromatic N) is 4. The van der Waals surface area contributed by atoms with Crippen molar-refractivity contribution in [1.29, 1.82) is 0 Å². The molecule has 2 aliphatic rings. The van der Waals surface area contributed by atoms with Gasteiger partial charge in [-0.2, -0.15) is 0 Å². The van der Waals surface area contributed by atoms with Crippen LogP contribution < -0.4 is 0 Å². The molecule has 33 heavy (non-hydrogen) atoms. The molecule has 0 bridgehead atoms. The molecule has 0 N–H and O–H groups in total. The van der Waals surface area contributed by atoms with Crippen molar-refractivity contribution in [2.75, 3.05) is 26.2 Å². The van der Waals surface area contributed by atoms with Crippen LogP contribution in [-0.2, 0) is 17.8 Å². The first-order chi connectivity index (χ1) is 15.9. The minimum Gasteiger partial charge on any atom is -0.336 e. The number of imidazole rings is 1. The van der Waals surface area contributed by atoms with E-state index < -0.39 is 0 Å². The van der Waals surface area contributed by atoms with Crippen LogP contribution >= 0.6 is 11.6 Å². The fraction of sp³-hybridized carbons (Fsp3) is 0.500. The van der Waals surface area contributed by atoms with E-state index in [1.54, 1.807) is 11.1 Å². The second-order valence-corrected chi connectivity index (χ2v) is 8.84. The van der Waals surface area contributed by atoms with E-state index in [1.165, 1.54) is 32.0 Å². The number of Topliss-reactive ketones (excluding diaryl/α,β-unsaturated/α-hetero) is 1. The van der Waals surface area contributed by atoms with Crippen LogP contribution in [-0.4, -0.2) is 57.7 Å². The number of hydrogen-bond acceptors (Lipinski definition) is 4. The summed E-state index contributed by atoms with van der Waals surface area (Å²) in [5.41, 5.74) is 1.88. The molecule has 1 aromatic heterocycles. The molecule has 0 spiro atoms. The Morgan fingerprint density at radius 2 is 2.00 bits per heavy atom. The highest BCUT2D eigenvalue weighted by atomic mass is 35.5. The summed E-state index contributed by atoms with van der Waals surface area (Å²) >= 11 is 5.90. The largest absolute Gasteiger partial charge is 0.336 e. The number of carbonyl (C=O) groups is 2. The minimum atomic E-state index is 0.0140. The number of carbonyl (C=O) groups excluding carboxylic acids is 2. The van der Waals surface area contributed by atoms with Crippen molar-refractivity contribution < 1.29 is 9.59 Å². The van der Waals surface area contributed by atoms with Crippen LogP contribution in [0.4, 0.5) is 0 Å². The van der Waals surface area contributed by atoms with Crippen molar-refractivity contribution in [2.45, 2.75) is 59.5 Å².